The van der Waals surface area contributed by atoms with Gasteiger partial charge in [0.1, 0.15) is 4.38 Å². The predicted octanol–water partition coefficient (Wildman–Crippen LogP) is 4.70. The van der Waals surface area contributed by atoms with Gasteiger partial charge in [-0.25, -0.2) is 0 Å². The Labute approximate surface area is 160 Å². The molecule has 2 aliphatic heterocycles. The van der Waals surface area contributed by atoms with Crippen LogP contribution in [0.25, 0.3) is 0 Å². The number of carbonyl (C=O) groups excluding carboxylic acids is 1. The number of fused-ring (bicyclic) bond motifs is 1. The molecule has 2 heterocycles. The summed E-state index contributed by atoms with van der Waals surface area (Å²) < 4.78 is 1.05. The zero-order valence-corrected chi connectivity index (χ0v) is 16.1. The van der Waals surface area contributed by atoms with Gasteiger partial charge >= 0.3 is 0 Å². The Kier molecular flexibility index (Phi) is 5.39. The van der Waals surface area contributed by atoms with Gasteiger partial charge < -0.3 is 4.90 Å². The Balaban J connectivity index is 1.62. The molecule has 0 spiro atoms. The molecular formula is C19H18N2OS3. The largest absolute Gasteiger partial charge is 0.302 e. The molecule has 0 bridgehead atoms. The lowest BCUT2D eigenvalue weighted by atomic mass is 10.1. The number of benzene rings is 2. The van der Waals surface area contributed by atoms with Crippen molar-refractivity contribution in [3.8, 4) is 0 Å². The van der Waals surface area contributed by atoms with Crippen molar-refractivity contribution >= 4 is 51.3 Å². The van der Waals surface area contributed by atoms with E-state index in [-0.39, 0.29) is 11.9 Å². The number of aliphatic imine (C=N–C) groups is 1. The van der Waals surface area contributed by atoms with Gasteiger partial charge in [0.05, 0.1) is 24.0 Å². The van der Waals surface area contributed by atoms with Gasteiger partial charge in [-0.05, 0) is 17.7 Å². The highest BCUT2D eigenvalue weighted by atomic mass is 32.2. The van der Waals surface area contributed by atoms with Gasteiger partial charge in [-0.3, -0.25) is 9.79 Å². The minimum atomic E-state index is 0.0763. The molecule has 0 saturated carbocycles. The van der Waals surface area contributed by atoms with Crippen LogP contribution in [-0.2, 0) is 4.79 Å². The van der Waals surface area contributed by atoms with Crippen molar-refractivity contribution in [1.82, 2.24) is 0 Å². The molecule has 6 heteroatoms. The molecule has 4 rings (SSSR count). The third kappa shape index (κ3) is 3.76. The first kappa shape index (κ1) is 17.1. The maximum Gasteiger partial charge on any atom is 0.238 e. The number of hydrogen-bond donors (Lipinski definition) is 0. The van der Waals surface area contributed by atoms with Crippen LogP contribution in [0.4, 0.5) is 5.69 Å². The normalized spacial score (nSPS) is 19.4. The summed E-state index contributed by atoms with van der Waals surface area (Å²) in [5, 5.41) is 0. The van der Waals surface area contributed by atoms with Crippen molar-refractivity contribution in [1.29, 1.82) is 0 Å². The van der Waals surface area contributed by atoms with Crippen LogP contribution in [0.2, 0.25) is 0 Å². The zero-order valence-electron chi connectivity index (χ0n) is 13.6. The molecular weight excluding hydrogens is 368 g/mol. The standard InChI is InChI=1S/C19H18N2OS3/c22-18(13-25-19-20-10-11-23-19)21-15-8-4-5-9-17(15)24-12-16(21)14-6-2-1-3-7-14/h1-9,16H,10-13H2/t16-/m1/s1. The third-order valence-electron chi connectivity index (χ3n) is 4.16. The van der Waals surface area contributed by atoms with E-state index in [1.807, 2.05) is 47.0 Å². The summed E-state index contributed by atoms with van der Waals surface area (Å²) in [6.07, 6.45) is 0. The number of rotatable bonds is 3. The van der Waals surface area contributed by atoms with Gasteiger partial charge in [-0.2, -0.15) is 0 Å². The Bertz CT molecular complexity index is 794. The summed E-state index contributed by atoms with van der Waals surface area (Å²) in [5.74, 6) is 2.51. The Morgan fingerprint density at radius 2 is 1.92 bits per heavy atom. The smallest absolute Gasteiger partial charge is 0.238 e. The SMILES string of the molecule is O=C(CSC1=NCCS1)N1c2ccccc2SC[C@@H]1c1ccccc1. The van der Waals surface area contributed by atoms with E-state index in [0.717, 1.165) is 28.1 Å². The number of nitrogens with zero attached hydrogens (tertiary/aromatic N) is 2. The lowest BCUT2D eigenvalue weighted by molar-refractivity contribution is -0.116. The van der Waals surface area contributed by atoms with Gasteiger partial charge in [0.15, 0.2) is 0 Å². The van der Waals surface area contributed by atoms with Crippen molar-refractivity contribution in [2.24, 2.45) is 4.99 Å². The van der Waals surface area contributed by atoms with E-state index in [1.165, 1.54) is 10.5 Å². The lowest BCUT2D eigenvalue weighted by Crippen LogP contribution is -2.39. The second kappa shape index (κ2) is 7.89. The van der Waals surface area contributed by atoms with Crippen LogP contribution < -0.4 is 4.90 Å². The van der Waals surface area contributed by atoms with Crippen molar-refractivity contribution in [2.45, 2.75) is 10.9 Å². The molecule has 1 amide bonds. The van der Waals surface area contributed by atoms with Gasteiger partial charge in [0.2, 0.25) is 5.91 Å². The van der Waals surface area contributed by atoms with E-state index in [2.05, 4.69) is 29.3 Å². The molecule has 0 radical (unpaired) electrons. The molecule has 1 atom stereocenters. The van der Waals surface area contributed by atoms with E-state index in [1.54, 1.807) is 23.5 Å². The van der Waals surface area contributed by atoms with Crippen LogP contribution in [0.15, 0.2) is 64.5 Å². The van der Waals surface area contributed by atoms with Crippen LogP contribution in [0.5, 0.6) is 0 Å². The highest BCUT2D eigenvalue weighted by molar-refractivity contribution is 8.39. The fraction of sp³-hybridized carbons (Fsp3) is 0.263. The molecule has 3 nitrogen and oxygen atoms in total. The van der Waals surface area contributed by atoms with Gasteiger partial charge in [-0.15, -0.1) is 11.8 Å². The van der Waals surface area contributed by atoms with E-state index in [9.17, 15) is 4.79 Å². The summed E-state index contributed by atoms with van der Waals surface area (Å²) in [6.45, 7) is 0.872. The number of para-hydroxylation sites is 1. The molecule has 25 heavy (non-hydrogen) atoms. The molecule has 0 unspecified atom stereocenters. The first-order valence-electron chi connectivity index (χ1n) is 8.22. The number of hydrogen-bond acceptors (Lipinski definition) is 5. The van der Waals surface area contributed by atoms with Gasteiger partial charge in [-0.1, -0.05) is 66.0 Å². The van der Waals surface area contributed by atoms with E-state index >= 15 is 0 Å². The molecule has 0 aliphatic carbocycles. The van der Waals surface area contributed by atoms with Crippen LogP contribution in [-0.4, -0.2) is 34.1 Å². The Morgan fingerprint density at radius 1 is 1.12 bits per heavy atom. The summed E-state index contributed by atoms with van der Waals surface area (Å²) >= 11 is 5.15. The van der Waals surface area contributed by atoms with E-state index in [0.29, 0.717) is 5.75 Å². The molecule has 0 saturated heterocycles. The molecule has 2 aliphatic rings. The molecule has 2 aromatic carbocycles. The number of carbonyl (C=O) groups is 1. The maximum atomic E-state index is 13.1. The molecule has 2 aromatic rings. The summed E-state index contributed by atoms with van der Waals surface area (Å²) in [5.41, 5.74) is 2.22. The Morgan fingerprint density at radius 3 is 2.72 bits per heavy atom. The van der Waals surface area contributed by atoms with Crippen LogP contribution in [0.3, 0.4) is 0 Å². The van der Waals surface area contributed by atoms with E-state index < -0.39 is 0 Å². The number of anilines is 1. The Hall–Kier alpha value is -1.37. The summed E-state index contributed by atoms with van der Waals surface area (Å²) in [6, 6.07) is 18.6. The van der Waals surface area contributed by atoms with Crippen molar-refractivity contribution in [3.63, 3.8) is 0 Å². The van der Waals surface area contributed by atoms with Gasteiger partial charge in [0.25, 0.3) is 0 Å². The highest BCUT2D eigenvalue weighted by Crippen LogP contribution is 2.43. The second-order valence-electron chi connectivity index (χ2n) is 5.75. The molecule has 0 fully saturated rings. The predicted molar refractivity (Wildman–Crippen MR) is 111 cm³/mol. The zero-order chi connectivity index (χ0) is 17.1. The average Bonchev–Trinajstić information content (AvgIpc) is 3.19. The minimum absolute atomic E-state index is 0.0763. The fourth-order valence-electron chi connectivity index (χ4n) is 3.01. The lowest BCUT2D eigenvalue weighted by Gasteiger charge is -2.37. The monoisotopic (exact) mass is 386 g/mol. The number of thioether (sulfide) groups is 3. The van der Waals surface area contributed by atoms with Crippen molar-refractivity contribution < 1.29 is 4.79 Å². The average molecular weight is 387 g/mol. The molecule has 128 valence electrons. The third-order valence-corrected chi connectivity index (χ3v) is 7.54. The summed E-state index contributed by atoms with van der Waals surface area (Å²) in [4.78, 5) is 20.8. The van der Waals surface area contributed by atoms with E-state index in [4.69, 9.17) is 0 Å². The van der Waals surface area contributed by atoms with Crippen LogP contribution in [0.1, 0.15) is 11.6 Å². The minimum Gasteiger partial charge on any atom is -0.302 e. The first-order valence-corrected chi connectivity index (χ1v) is 11.2. The quantitative estimate of drug-likeness (QED) is 0.765. The second-order valence-corrected chi connectivity index (χ2v) is 9.12. The first-order chi connectivity index (χ1) is 12.3. The number of amides is 1. The maximum absolute atomic E-state index is 13.1. The highest BCUT2D eigenvalue weighted by Gasteiger charge is 2.32. The van der Waals surface area contributed by atoms with Crippen LogP contribution >= 0.6 is 35.3 Å². The van der Waals surface area contributed by atoms with Gasteiger partial charge in [0, 0.05) is 16.4 Å². The van der Waals surface area contributed by atoms with Crippen molar-refractivity contribution in [2.75, 3.05) is 28.7 Å². The van der Waals surface area contributed by atoms with Crippen molar-refractivity contribution in [3.05, 3.63) is 60.2 Å². The van der Waals surface area contributed by atoms with Crippen LogP contribution in [0, 0.1) is 0 Å². The molecule has 0 aromatic heterocycles. The molecule has 0 N–H and O–H groups in total. The summed E-state index contributed by atoms with van der Waals surface area (Å²) in [7, 11) is 0. The fourth-order valence-corrected chi connectivity index (χ4v) is 6.05. The topological polar surface area (TPSA) is 32.7 Å².